The summed E-state index contributed by atoms with van der Waals surface area (Å²) >= 11 is 0. The molecule has 2 rings (SSSR count). The van der Waals surface area contributed by atoms with Gasteiger partial charge in [-0.2, -0.15) is 5.10 Å². The van der Waals surface area contributed by atoms with Gasteiger partial charge in [-0.1, -0.05) is 6.07 Å². The van der Waals surface area contributed by atoms with Gasteiger partial charge in [0.15, 0.2) is 0 Å². The maximum atomic E-state index is 11.1. The molecule has 0 bridgehead atoms. The van der Waals surface area contributed by atoms with Gasteiger partial charge in [-0.05, 0) is 31.5 Å². The molecule has 1 atom stereocenters. The lowest BCUT2D eigenvalue weighted by atomic mass is 10.1. The van der Waals surface area contributed by atoms with Crippen LogP contribution in [0, 0.1) is 6.92 Å². The van der Waals surface area contributed by atoms with E-state index in [1.54, 1.807) is 4.68 Å². The number of nitrogens with zero attached hydrogens (tertiary/aromatic N) is 2. The summed E-state index contributed by atoms with van der Waals surface area (Å²) in [5, 5.41) is 10.4. The zero-order chi connectivity index (χ0) is 14.7. The van der Waals surface area contributed by atoms with E-state index in [0.717, 1.165) is 22.5 Å². The minimum Gasteiger partial charge on any atom is -0.378 e. The van der Waals surface area contributed by atoms with Gasteiger partial charge in [0.25, 0.3) is 0 Å². The summed E-state index contributed by atoms with van der Waals surface area (Å²) in [5.41, 5.74) is 4.06. The molecule has 1 amide bonds. The van der Waals surface area contributed by atoms with Crippen molar-refractivity contribution < 1.29 is 4.79 Å². The molecule has 1 aromatic heterocycles. The van der Waals surface area contributed by atoms with Gasteiger partial charge in [-0.3, -0.25) is 9.48 Å². The van der Waals surface area contributed by atoms with Crippen molar-refractivity contribution in [2.45, 2.75) is 26.8 Å². The van der Waals surface area contributed by atoms with Gasteiger partial charge in [0, 0.05) is 37.1 Å². The number of amides is 1. The average molecular weight is 272 g/mol. The number of benzene rings is 1. The van der Waals surface area contributed by atoms with E-state index in [4.69, 9.17) is 0 Å². The summed E-state index contributed by atoms with van der Waals surface area (Å²) in [6.07, 6.45) is 3.84. The van der Waals surface area contributed by atoms with Gasteiger partial charge < -0.3 is 10.6 Å². The van der Waals surface area contributed by atoms with E-state index in [2.05, 4.69) is 22.7 Å². The molecule has 20 heavy (non-hydrogen) atoms. The lowest BCUT2D eigenvalue weighted by molar-refractivity contribution is -0.114. The molecule has 0 aliphatic rings. The van der Waals surface area contributed by atoms with Crippen molar-refractivity contribution in [3.63, 3.8) is 0 Å². The van der Waals surface area contributed by atoms with E-state index in [1.165, 1.54) is 6.92 Å². The van der Waals surface area contributed by atoms with Crippen molar-refractivity contribution in [1.82, 2.24) is 9.78 Å². The van der Waals surface area contributed by atoms with E-state index >= 15 is 0 Å². The molecule has 5 heteroatoms. The number of rotatable bonds is 4. The fourth-order valence-corrected chi connectivity index (χ4v) is 2.04. The molecule has 1 unspecified atom stereocenters. The Morgan fingerprint density at radius 1 is 1.40 bits per heavy atom. The van der Waals surface area contributed by atoms with Crippen LogP contribution in [0.4, 0.5) is 11.4 Å². The molecule has 0 aliphatic heterocycles. The van der Waals surface area contributed by atoms with Crippen LogP contribution in [0.25, 0.3) is 0 Å². The molecule has 0 spiro atoms. The number of aromatic nitrogens is 2. The molecule has 0 aliphatic carbocycles. The second-order valence-corrected chi connectivity index (χ2v) is 5.02. The fourth-order valence-electron chi connectivity index (χ4n) is 2.04. The van der Waals surface area contributed by atoms with Crippen LogP contribution in [0.1, 0.15) is 31.0 Å². The fraction of sp³-hybridized carbons (Fsp3) is 0.333. The highest BCUT2D eigenvalue weighted by Crippen LogP contribution is 2.25. The molecule has 0 radical (unpaired) electrons. The van der Waals surface area contributed by atoms with Crippen LogP contribution < -0.4 is 10.6 Å². The van der Waals surface area contributed by atoms with Crippen LogP contribution in [-0.2, 0) is 11.8 Å². The first-order chi connectivity index (χ1) is 9.45. The number of carbonyl (C=O) groups is 1. The molecule has 0 fully saturated rings. The number of hydrogen-bond donors (Lipinski definition) is 2. The van der Waals surface area contributed by atoms with E-state index in [1.807, 2.05) is 44.6 Å². The van der Waals surface area contributed by atoms with E-state index in [0.29, 0.717) is 0 Å². The molecular formula is C15H20N4O. The van der Waals surface area contributed by atoms with Crippen molar-refractivity contribution in [3.05, 3.63) is 41.7 Å². The first kappa shape index (κ1) is 14.1. The van der Waals surface area contributed by atoms with Gasteiger partial charge in [-0.25, -0.2) is 0 Å². The Morgan fingerprint density at radius 2 is 2.15 bits per heavy atom. The van der Waals surface area contributed by atoms with Gasteiger partial charge in [0.1, 0.15) is 0 Å². The van der Waals surface area contributed by atoms with E-state index in [-0.39, 0.29) is 11.9 Å². The largest absolute Gasteiger partial charge is 0.378 e. The maximum Gasteiger partial charge on any atom is 0.221 e. The molecule has 106 valence electrons. The highest BCUT2D eigenvalue weighted by atomic mass is 16.1. The van der Waals surface area contributed by atoms with E-state index < -0.39 is 0 Å². The molecule has 2 aromatic rings. The predicted molar refractivity (Wildman–Crippen MR) is 80.7 cm³/mol. The summed E-state index contributed by atoms with van der Waals surface area (Å²) in [4.78, 5) is 11.1. The highest BCUT2D eigenvalue weighted by molar-refractivity contribution is 5.89. The smallest absolute Gasteiger partial charge is 0.221 e. The lowest BCUT2D eigenvalue weighted by Gasteiger charge is -2.17. The Hall–Kier alpha value is -2.30. The van der Waals surface area contributed by atoms with Crippen LogP contribution in [0.2, 0.25) is 0 Å². The molecule has 0 saturated carbocycles. The van der Waals surface area contributed by atoms with Crippen molar-refractivity contribution in [2.75, 3.05) is 10.6 Å². The topological polar surface area (TPSA) is 59.0 Å². The second-order valence-electron chi connectivity index (χ2n) is 5.02. The number of aryl methyl sites for hydroxylation is 2. The zero-order valence-corrected chi connectivity index (χ0v) is 12.3. The quantitative estimate of drug-likeness (QED) is 0.899. The first-order valence-electron chi connectivity index (χ1n) is 6.59. The van der Waals surface area contributed by atoms with Crippen molar-refractivity contribution >= 4 is 17.3 Å². The van der Waals surface area contributed by atoms with Crippen LogP contribution in [-0.4, -0.2) is 15.7 Å². The first-order valence-corrected chi connectivity index (χ1v) is 6.59. The van der Waals surface area contributed by atoms with Gasteiger partial charge >= 0.3 is 0 Å². The van der Waals surface area contributed by atoms with Crippen LogP contribution in [0.3, 0.4) is 0 Å². The van der Waals surface area contributed by atoms with Gasteiger partial charge in [0.2, 0.25) is 5.91 Å². The summed E-state index contributed by atoms with van der Waals surface area (Å²) in [7, 11) is 1.90. The third kappa shape index (κ3) is 3.38. The van der Waals surface area contributed by atoms with Crippen LogP contribution in [0.15, 0.2) is 30.6 Å². The second kappa shape index (κ2) is 5.77. The Balaban J connectivity index is 2.17. The predicted octanol–water partition coefficient (Wildman–Crippen LogP) is 2.86. The molecule has 1 aromatic carbocycles. The minimum absolute atomic E-state index is 0.0693. The SMILES string of the molecule is CC(=O)Nc1ccc(C)c(NC(C)c2cnn(C)c2)c1. The van der Waals surface area contributed by atoms with Gasteiger partial charge in [-0.15, -0.1) is 0 Å². The van der Waals surface area contributed by atoms with Crippen molar-refractivity contribution in [3.8, 4) is 0 Å². The third-order valence-electron chi connectivity index (χ3n) is 3.15. The Labute approximate surface area is 119 Å². The van der Waals surface area contributed by atoms with Crippen LogP contribution in [0.5, 0.6) is 0 Å². The average Bonchev–Trinajstić information content (AvgIpc) is 2.79. The van der Waals surface area contributed by atoms with Crippen molar-refractivity contribution in [2.24, 2.45) is 7.05 Å². The molecular weight excluding hydrogens is 252 g/mol. The Bertz CT molecular complexity index is 618. The lowest BCUT2D eigenvalue weighted by Crippen LogP contribution is -2.09. The highest BCUT2D eigenvalue weighted by Gasteiger charge is 2.09. The Morgan fingerprint density at radius 3 is 2.75 bits per heavy atom. The normalized spacial score (nSPS) is 12.0. The summed E-state index contributed by atoms with van der Waals surface area (Å²) in [6, 6.07) is 5.99. The van der Waals surface area contributed by atoms with E-state index in [9.17, 15) is 4.79 Å². The zero-order valence-electron chi connectivity index (χ0n) is 12.3. The maximum absolute atomic E-state index is 11.1. The van der Waals surface area contributed by atoms with Gasteiger partial charge in [0.05, 0.1) is 12.2 Å². The summed E-state index contributed by atoms with van der Waals surface area (Å²) < 4.78 is 1.79. The monoisotopic (exact) mass is 272 g/mol. The number of carbonyl (C=O) groups excluding carboxylic acids is 1. The minimum atomic E-state index is -0.0693. The molecule has 2 N–H and O–H groups in total. The Kier molecular flexibility index (Phi) is 4.08. The standard InChI is InChI=1S/C15H20N4O/c1-10-5-6-14(18-12(3)20)7-15(10)17-11(2)13-8-16-19(4)9-13/h5-9,11,17H,1-4H3,(H,18,20). The molecule has 5 nitrogen and oxygen atoms in total. The summed E-state index contributed by atoms with van der Waals surface area (Å²) in [5.74, 6) is -0.0693. The third-order valence-corrected chi connectivity index (χ3v) is 3.15. The number of hydrogen-bond acceptors (Lipinski definition) is 3. The summed E-state index contributed by atoms with van der Waals surface area (Å²) in [6.45, 7) is 5.63. The molecule has 0 saturated heterocycles. The van der Waals surface area contributed by atoms with Crippen molar-refractivity contribution in [1.29, 1.82) is 0 Å². The number of anilines is 2. The van der Waals surface area contributed by atoms with Crippen LogP contribution >= 0.6 is 0 Å². The molecule has 1 heterocycles. The number of nitrogens with one attached hydrogen (secondary N) is 2.